The molecule has 0 unspecified atom stereocenters. The first-order chi connectivity index (χ1) is 12.3. The Morgan fingerprint density at radius 2 is 1.65 bits per heavy atom. The smallest absolute Gasteiger partial charge is 0.306 e. The summed E-state index contributed by atoms with van der Waals surface area (Å²) < 4.78 is 17.6. The molecule has 0 spiro atoms. The van der Waals surface area contributed by atoms with Crippen LogP contribution in [0.5, 0.6) is 0 Å². The second-order valence-electron chi connectivity index (χ2n) is 5.94. The lowest BCUT2D eigenvalue weighted by atomic mass is 10.0. The molecule has 2 aromatic carbocycles. The molecule has 1 N–H and O–H groups in total. The molecular formula is C20H20FNO4. The molecule has 1 amide bonds. The van der Waals surface area contributed by atoms with Crippen molar-refractivity contribution < 1.29 is 23.5 Å². The second kappa shape index (κ2) is 8.89. The molecule has 0 aliphatic rings. The van der Waals surface area contributed by atoms with Crippen LogP contribution in [0.25, 0.3) is 0 Å². The standard InChI is InChI=1S/C20H20FNO4/c1-13-3-4-15(11-14(13)2)18(23)9-10-20(25)26-12-19(24)22-17-7-5-16(21)6-8-17/h3-8,11H,9-10,12H2,1-2H3,(H,22,24). The predicted octanol–water partition coefficient (Wildman–Crippen LogP) is 3.59. The summed E-state index contributed by atoms with van der Waals surface area (Å²) in [5, 5.41) is 2.48. The van der Waals surface area contributed by atoms with Gasteiger partial charge in [0, 0.05) is 17.7 Å². The van der Waals surface area contributed by atoms with Crippen molar-refractivity contribution in [2.75, 3.05) is 11.9 Å². The van der Waals surface area contributed by atoms with Gasteiger partial charge in [0.05, 0.1) is 6.42 Å². The molecule has 0 fully saturated rings. The van der Waals surface area contributed by atoms with Crippen LogP contribution in [0.3, 0.4) is 0 Å². The van der Waals surface area contributed by atoms with Gasteiger partial charge in [-0.1, -0.05) is 12.1 Å². The van der Waals surface area contributed by atoms with E-state index in [0.29, 0.717) is 11.3 Å². The highest BCUT2D eigenvalue weighted by atomic mass is 19.1. The molecule has 6 heteroatoms. The number of carbonyl (C=O) groups excluding carboxylic acids is 3. The topological polar surface area (TPSA) is 72.5 Å². The lowest BCUT2D eigenvalue weighted by molar-refractivity contribution is -0.147. The molecule has 0 radical (unpaired) electrons. The molecule has 0 aliphatic carbocycles. The van der Waals surface area contributed by atoms with Gasteiger partial charge in [0.25, 0.3) is 5.91 Å². The van der Waals surface area contributed by atoms with Crippen molar-refractivity contribution in [2.45, 2.75) is 26.7 Å². The Bertz CT molecular complexity index is 815. The molecule has 0 saturated heterocycles. The van der Waals surface area contributed by atoms with Crippen molar-refractivity contribution in [3.05, 3.63) is 65.0 Å². The number of anilines is 1. The molecular weight excluding hydrogens is 337 g/mol. The van der Waals surface area contributed by atoms with Crippen molar-refractivity contribution in [3.63, 3.8) is 0 Å². The summed E-state index contributed by atoms with van der Waals surface area (Å²) in [5.41, 5.74) is 3.05. The minimum Gasteiger partial charge on any atom is -0.456 e. The van der Waals surface area contributed by atoms with Crippen LogP contribution in [0.1, 0.15) is 34.3 Å². The first-order valence-corrected chi connectivity index (χ1v) is 8.16. The zero-order valence-corrected chi connectivity index (χ0v) is 14.7. The van der Waals surface area contributed by atoms with Crippen LogP contribution in [0.2, 0.25) is 0 Å². The SMILES string of the molecule is Cc1ccc(C(=O)CCC(=O)OCC(=O)Nc2ccc(F)cc2)cc1C. The number of hydrogen-bond acceptors (Lipinski definition) is 4. The number of halogens is 1. The Balaban J connectivity index is 1.74. The number of rotatable bonds is 7. The van der Waals surface area contributed by atoms with Gasteiger partial charge in [-0.15, -0.1) is 0 Å². The number of Topliss-reactive ketones (excluding diaryl/α,β-unsaturated/α-hetero) is 1. The van der Waals surface area contributed by atoms with E-state index in [1.165, 1.54) is 24.3 Å². The maximum atomic E-state index is 12.8. The van der Waals surface area contributed by atoms with E-state index in [0.717, 1.165) is 11.1 Å². The van der Waals surface area contributed by atoms with Gasteiger partial charge in [-0.3, -0.25) is 14.4 Å². The van der Waals surface area contributed by atoms with Crippen molar-refractivity contribution in [3.8, 4) is 0 Å². The number of nitrogens with one attached hydrogen (secondary N) is 1. The van der Waals surface area contributed by atoms with Gasteiger partial charge < -0.3 is 10.1 Å². The summed E-state index contributed by atoms with van der Waals surface area (Å²) in [6.45, 7) is 3.41. The number of carbonyl (C=O) groups is 3. The third kappa shape index (κ3) is 5.81. The van der Waals surface area contributed by atoms with Crippen LogP contribution in [-0.4, -0.2) is 24.3 Å². The molecule has 26 heavy (non-hydrogen) atoms. The minimum atomic E-state index is -0.628. The molecule has 5 nitrogen and oxygen atoms in total. The van der Waals surface area contributed by atoms with Gasteiger partial charge in [-0.25, -0.2) is 4.39 Å². The van der Waals surface area contributed by atoms with E-state index in [4.69, 9.17) is 4.74 Å². The molecule has 0 heterocycles. The molecule has 0 aromatic heterocycles. The van der Waals surface area contributed by atoms with E-state index < -0.39 is 24.3 Å². The number of aryl methyl sites for hydroxylation is 2. The number of hydrogen-bond donors (Lipinski definition) is 1. The maximum Gasteiger partial charge on any atom is 0.306 e. The molecule has 2 aromatic rings. The van der Waals surface area contributed by atoms with E-state index in [1.54, 1.807) is 12.1 Å². The van der Waals surface area contributed by atoms with Crippen LogP contribution in [0, 0.1) is 19.7 Å². The largest absolute Gasteiger partial charge is 0.456 e. The van der Waals surface area contributed by atoms with Crippen molar-refractivity contribution in [2.24, 2.45) is 0 Å². The van der Waals surface area contributed by atoms with E-state index >= 15 is 0 Å². The maximum absolute atomic E-state index is 12.8. The average Bonchev–Trinajstić information content (AvgIpc) is 2.62. The van der Waals surface area contributed by atoms with Gasteiger partial charge in [-0.2, -0.15) is 0 Å². The van der Waals surface area contributed by atoms with Gasteiger partial charge >= 0.3 is 5.97 Å². The number of esters is 1. The Hall–Kier alpha value is -3.02. The first kappa shape index (κ1) is 19.3. The number of amides is 1. The highest BCUT2D eigenvalue weighted by Gasteiger charge is 2.12. The summed E-state index contributed by atoms with van der Waals surface area (Å²) >= 11 is 0. The third-order valence-corrected chi connectivity index (χ3v) is 3.88. The third-order valence-electron chi connectivity index (χ3n) is 3.88. The van der Waals surface area contributed by atoms with E-state index in [-0.39, 0.29) is 18.6 Å². The molecule has 0 bridgehead atoms. The van der Waals surface area contributed by atoms with Crippen molar-refractivity contribution >= 4 is 23.3 Å². The predicted molar refractivity (Wildman–Crippen MR) is 95.5 cm³/mol. The Morgan fingerprint density at radius 3 is 2.31 bits per heavy atom. The quantitative estimate of drug-likeness (QED) is 0.607. The highest BCUT2D eigenvalue weighted by Crippen LogP contribution is 2.13. The lowest BCUT2D eigenvalue weighted by Gasteiger charge is -2.07. The summed E-state index contributed by atoms with van der Waals surface area (Å²) in [6.07, 6.45) is -0.0868. The van der Waals surface area contributed by atoms with Crippen LogP contribution >= 0.6 is 0 Å². The molecule has 136 valence electrons. The zero-order valence-electron chi connectivity index (χ0n) is 14.7. The van der Waals surface area contributed by atoms with E-state index in [2.05, 4.69) is 5.32 Å². The molecule has 0 saturated carbocycles. The number of ether oxygens (including phenoxy) is 1. The fourth-order valence-electron chi connectivity index (χ4n) is 2.22. The van der Waals surface area contributed by atoms with Gasteiger partial charge in [0.1, 0.15) is 5.82 Å². The van der Waals surface area contributed by atoms with Crippen LogP contribution in [0.15, 0.2) is 42.5 Å². The van der Waals surface area contributed by atoms with Gasteiger partial charge in [0.15, 0.2) is 12.4 Å². The summed E-state index contributed by atoms with van der Waals surface area (Å²) in [7, 11) is 0. The second-order valence-corrected chi connectivity index (χ2v) is 5.94. The Labute approximate surface area is 151 Å². The monoisotopic (exact) mass is 357 g/mol. The average molecular weight is 357 g/mol. The summed E-state index contributed by atoms with van der Waals surface area (Å²) in [5.74, 6) is -1.73. The summed E-state index contributed by atoms with van der Waals surface area (Å²) in [6, 6.07) is 10.6. The lowest BCUT2D eigenvalue weighted by Crippen LogP contribution is -2.21. The highest BCUT2D eigenvalue weighted by molar-refractivity contribution is 5.98. The zero-order chi connectivity index (χ0) is 19.1. The molecule has 2 rings (SSSR count). The van der Waals surface area contributed by atoms with Crippen LogP contribution in [-0.2, 0) is 14.3 Å². The van der Waals surface area contributed by atoms with Crippen molar-refractivity contribution in [1.29, 1.82) is 0 Å². The summed E-state index contributed by atoms with van der Waals surface area (Å²) in [4.78, 5) is 35.5. The van der Waals surface area contributed by atoms with E-state index in [1.807, 2.05) is 19.9 Å². The molecule has 0 atom stereocenters. The minimum absolute atomic E-state index is 0.0148. The normalized spacial score (nSPS) is 10.3. The van der Waals surface area contributed by atoms with Crippen molar-refractivity contribution in [1.82, 2.24) is 0 Å². The first-order valence-electron chi connectivity index (χ1n) is 8.16. The fourth-order valence-corrected chi connectivity index (χ4v) is 2.22. The van der Waals surface area contributed by atoms with Gasteiger partial charge in [0.2, 0.25) is 0 Å². The molecule has 0 aliphatic heterocycles. The fraction of sp³-hybridized carbons (Fsp3) is 0.250. The Morgan fingerprint density at radius 1 is 0.962 bits per heavy atom. The van der Waals surface area contributed by atoms with Gasteiger partial charge in [-0.05, 0) is 55.3 Å². The number of benzene rings is 2. The van der Waals surface area contributed by atoms with Crippen LogP contribution in [0.4, 0.5) is 10.1 Å². The van der Waals surface area contributed by atoms with Crippen LogP contribution < -0.4 is 5.32 Å². The van der Waals surface area contributed by atoms with E-state index in [9.17, 15) is 18.8 Å². The Kier molecular flexibility index (Phi) is 6.60. The number of ketones is 1.